The highest BCUT2D eigenvalue weighted by molar-refractivity contribution is 5.82. The highest BCUT2D eigenvalue weighted by Crippen LogP contribution is 2.30. The number of aryl methyl sites for hydroxylation is 1. The number of likely N-dealkylation sites (N-methyl/N-ethyl adjacent to an activating group) is 1. The highest BCUT2D eigenvalue weighted by atomic mass is 16.1. The topological polar surface area (TPSA) is 74.6 Å². The molecule has 0 saturated carbocycles. The molecular weight excluding hydrogens is 1170 g/mol. The summed E-state index contributed by atoms with van der Waals surface area (Å²) in [5.41, 5.74) is 4.15. The van der Waals surface area contributed by atoms with Crippen molar-refractivity contribution < 1.29 is 9.07 Å². The molecule has 0 N–H and O–H groups in total. The molecule has 3 fully saturated rings. The van der Waals surface area contributed by atoms with Crippen LogP contribution in [0.5, 0.6) is 0 Å². The van der Waals surface area contributed by atoms with Gasteiger partial charge in [-0.15, -0.1) is 0 Å². The summed E-state index contributed by atoms with van der Waals surface area (Å²) >= 11 is 0. The van der Waals surface area contributed by atoms with Gasteiger partial charge in [-0.25, -0.2) is 0 Å². The van der Waals surface area contributed by atoms with Gasteiger partial charge in [0.05, 0.1) is 12.9 Å². The Kier molecular flexibility index (Phi) is 114. The first-order valence-electron chi connectivity index (χ1n) is 38.3. The zero-order chi connectivity index (χ0) is 73.0. The van der Waals surface area contributed by atoms with Gasteiger partial charge in [-0.1, -0.05) is 211 Å². The van der Waals surface area contributed by atoms with Gasteiger partial charge >= 0.3 is 0 Å². The molecular formula is C84H191N9O2. The van der Waals surface area contributed by atoms with Gasteiger partial charge in [0.2, 0.25) is 0 Å². The Morgan fingerprint density at radius 1 is 0.474 bits per heavy atom. The van der Waals surface area contributed by atoms with E-state index in [1.807, 2.05) is 174 Å². The van der Waals surface area contributed by atoms with Crippen molar-refractivity contribution >= 4 is 11.5 Å². The van der Waals surface area contributed by atoms with Crippen LogP contribution in [0.4, 0.5) is 5.69 Å². The summed E-state index contributed by atoms with van der Waals surface area (Å²) in [5, 5.41) is 0. The molecule has 1 atom stereocenters. The molecule has 95 heavy (non-hydrogen) atoms. The Bertz CT molecular complexity index is 1830. The van der Waals surface area contributed by atoms with Gasteiger partial charge in [-0.3, -0.25) is 24.3 Å². The lowest BCUT2D eigenvalue weighted by Crippen LogP contribution is -2.47. The molecule has 0 amide bonds. The summed E-state index contributed by atoms with van der Waals surface area (Å²) in [6.07, 6.45) is 23.3. The van der Waals surface area contributed by atoms with Gasteiger partial charge in [0.1, 0.15) is 0 Å². The van der Waals surface area contributed by atoms with Crippen LogP contribution in [-0.4, -0.2) is 166 Å². The number of aromatic nitrogens is 2. The summed E-state index contributed by atoms with van der Waals surface area (Å²) < 4.78 is 1.88. The summed E-state index contributed by atoms with van der Waals surface area (Å²) in [5.74, 6) is 0.316. The number of hydrogen-bond donors (Lipinski definition) is 0. The van der Waals surface area contributed by atoms with E-state index in [0.29, 0.717) is 36.9 Å². The molecule has 0 radical (unpaired) electrons. The molecule has 3 saturated heterocycles. The lowest BCUT2D eigenvalue weighted by molar-refractivity contribution is -0.119. The minimum Gasteiger partial charge on any atom is -0.369 e. The summed E-state index contributed by atoms with van der Waals surface area (Å²) in [4.78, 5) is 42.1. The van der Waals surface area contributed by atoms with Crippen LogP contribution in [-0.2, 0) is 11.2 Å². The fraction of sp³-hybridized carbons (Fsp3) is 0.821. The first-order valence-corrected chi connectivity index (χ1v) is 38.3. The molecule has 584 valence electrons. The monoisotopic (exact) mass is 1360 g/mol. The minimum absolute atomic E-state index is 0. The van der Waals surface area contributed by atoms with Gasteiger partial charge in [0.15, 0.2) is 5.78 Å². The van der Waals surface area contributed by atoms with E-state index in [-0.39, 0.29) is 39.5 Å². The second-order valence-corrected chi connectivity index (χ2v) is 22.7. The molecule has 7 heterocycles. The van der Waals surface area contributed by atoms with Crippen LogP contribution >= 0.6 is 0 Å². The van der Waals surface area contributed by atoms with E-state index in [1.165, 1.54) is 133 Å². The van der Waals surface area contributed by atoms with Gasteiger partial charge in [0.25, 0.3) is 5.56 Å². The van der Waals surface area contributed by atoms with Crippen LogP contribution in [0.2, 0.25) is 0 Å². The predicted octanol–water partition coefficient (Wildman–Crippen LogP) is 24.8. The molecule has 6 aliphatic rings. The molecule has 0 spiro atoms. The Hall–Kier alpha value is -3.35. The lowest BCUT2D eigenvalue weighted by atomic mass is 10.0. The number of benzene rings is 1. The number of nitrogens with zero attached hydrogens (tertiary/aromatic N) is 9. The number of likely N-dealkylation sites (tertiary alicyclic amines) is 2. The van der Waals surface area contributed by atoms with Gasteiger partial charge in [0, 0.05) is 123 Å². The molecule has 2 aromatic rings. The van der Waals surface area contributed by atoms with E-state index in [4.69, 9.17) is 0 Å². The van der Waals surface area contributed by atoms with Crippen LogP contribution in [0.25, 0.3) is 0 Å². The molecule has 0 bridgehead atoms. The third-order valence-electron chi connectivity index (χ3n) is 14.5. The summed E-state index contributed by atoms with van der Waals surface area (Å²) in [6, 6.07) is 13.5. The smallest absolute Gasteiger partial charge is 0.272 e. The Balaban J connectivity index is -0.0000000542. The van der Waals surface area contributed by atoms with Crippen LogP contribution in [0.15, 0.2) is 66.0 Å². The van der Waals surface area contributed by atoms with Crippen LogP contribution in [0.3, 0.4) is 0 Å². The summed E-state index contributed by atoms with van der Waals surface area (Å²) in [6.45, 7) is 88.6. The fourth-order valence-electron chi connectivity index (χ4n) is 9.49. The van der Waals surface area contributed by atoms with E-state index < -0.39 is 0 Å². The first-order chi connectivity index (χ1) is 43.6. The minimum atomic E-state index is -0.183. The largest absolute Gasteiger partial charge is 0.369 e. The summed E-state index contributed by atoms with van der Waals surface area (Å²) in [7, 11) is 2.19. The van der Waals surface area contributed by atoms with Crippen molar-refractivity contribution in [2.45, 2.75) is 385 Å². The molecule has 8 rings (SSSR count). The molecule has 0 aliphatic carbocycles. The normalized spacial score (nSPS) is 15.6. The molecule has 1 aromatic carbocycles. The first kappa shape index (κ1) is 122. The van der Waals surface area contributed by atoms with Gasteiger partial charge < -0.3 is 24.2 Å². The van der Waals surface area contributed by atoms with Gasteiger partial charge in [-0.05, 0) is 199 Å². The number of anilines is 1. The number of allylic oxidation sites excluding steroid dienone is 1. The average Bonchev–Trinajstić information content (AvgIpc) is 1.68. The van der Waals surface area contributed by atoms with Crippen molar-refractivity contribution in [2.75, 3.05) is 83.9 Å². The zero-order valence-electron chi connectivity index (χ0n) is 68.9. The number of carbonyl (C=O) groups is 1. The Morgan fingerprint density at radius 2 is 0.937 bits per heavy atom. The number of piperazine rings is 1. The maximum absolute atomic E-state index is 10.9. The SMILES string of the molecule is C.C.C.C.CC.CC.CC.CC.CC.CC.CC.CC.CC.CC.CC(C)N1C=CCC(=O)C1.CC(C)N1CC=CCC1.CC(C)N1CCCCC1.CC(C)N1CCCCC1C.CC(C)N1CCN(C)CC1.CC(C)n1ccc(=O)nc1.Cc1ccc2c(c1)N(C(C)C)CC2.[2HH].[2HH].[2HH]. The van der Waals surface area contributed by atoms with E-state index in [9.17, 15) is 9.59 Å². The highest BCUT2D eigenvalue weighted by Gasteiger charge is 2.22. The molecule has 11 heteroatoms. The number of fused-ring (bicyclic) bond motifs is 1. The predicted molar refractivity (Wildman–Crippen MR) is 454 cm³/mol. The number of ketones is 1. The second-order valence-electron chi connectivity index (χ2n) is 22.7. The van der Waals surface area contributed by atoms with Crippen molar-refractivity contribution in [1.82, 2.24) is 39.0 Å². The molecule has 1 aromatic heterocycles. The van der Waals surface area contributed by atoms with Crippen molar-refractivity contribution in [3.63, 3.8) is 0 Å². The van der Waals surface area contributed by atoms with Crippen LogP contribution in [0.1, 0.15) is 345 Å². The van der Waals surface area contributed by atoms with Crippen molar-refractivity contribution in [3.05, 3.63) is 82.7 Å². The van der Waals surface area contributed by atoms with Crippen LogP contribution in [0, 0.1) is 6.92 Å². The number of hydrogen-bond acceptors (Lipinski definition) is 10. The molecule has 6 aliphatic heterocycles. The zero-order valence-corrected chi connectivity index (χ0v) is 68.9. The molecule has 11 nitrogen and oxygen atoms in total. The second kappa shape index (κ2) is 88.7. The van der Waals surface area contributed by atoms with Crippen molar-refractivity contribution in [1.29, 1.82) is 0 Å². The van der Waals surface area contributed by atoms with E-state index in [2.05, 4.69) is 169 Å². The quantitative estimate of drug-likeness (QED) is 0.250. The van der Waals surface area contributed by atoms with Crippen molar-refractivity contribution in [2.24, 2.45) is 0 Å². The Labute approximate surface area is 608 Å². The number of rotatable bonds is 7. The fourth-order valence-corrected chi connectivity index (χ4v) is 9.49. The lowest BCUT2D eigenvalue weighted by Gasteiger charge is -2.36. The van der Waals surface area contributed by atoms with Crippen molar-refractivity contribution in [3.8, 4) is 0 Å². The number of piperidine rings is 2. The maximum atomic E-state index is 10.9. The Morgan fingerprint density at radius 3 is 1.26 bits per heavy atom. The molecule has 1 unspecified atom stereocenters. The van der Waals surface area contributed by atoms with E-state index in [0.717, 1.165) is 36.8 Å². The average molecular weight is 1360 g/mol. The number of carbonyl (C=O) groups excluding carboxylic acids is 1. The van der Waals surface area contributed by atoms with Crippen LogP contribution < -0.4 is 10.5 Å². The third kappa shape index (κ3) is 66.3. The maximum Gasteiger partial charge on any atom is 0.272 e. The van der Waals surface area contributed by atoms with E-state index >= 15 is 0 Å². The third-order valence-corrected chi connectivity index (χ3v) is 14.5. The standard InChI is InChI=1S/C12H17N.C9H19N.C8H18N2.C8H13NO.C8H17N.C8H15N.C7H10N2O.10C2H6.4CH4.3H2/c1-9(2)13-7-6-11-5-4-10(3)8-12(11)13;1-8(2)10-7-5-4-6-9(10)3;1-8(2)10-6-4-9(3)5-7-10;1-7(2)9-5-3-4-8(10)6-9;2*1-8(2)9-6-4-3-5-7-9;1-6(2)9-4-3-7(10)8-5-9;10*1-2;;;;;;;/h4-5,8-9H,6-7H2,1-3H3;8-9H,4-7H2,1-3H3;8H,4-7H2,1-3H3;3,5,7H,4,6H2,1-2H3;8H,3-7H2,1-2H3;3-4,8H,5-7H2,1-2H3;3-6H,1-2H3;10*1-2H3;4*1H4;3*1H/i;;;;;;;;;;;;;;;;;;;;;3*1+1. The number of Topliss-reactive ketones (excluding diaryl/α,β-unsaturated/α-hetero) is 1. The van der Waals surface area contributed by atoms with Gasteiger partial charge in [-0.2, -0.15) is 4.98 Å². The van der Waals surface area contributed by atoms with E-state index in [1.54, 1.807) is 12.5 Å².